The number of fused-ring (bicyclic) bond motifs is 2. The molecule has 8 aromatic rings. The second kappa shape index (κ2) is 15.6. The fourth-order valence-corrected chi connectivity index (χ4v) is 7.99. The number of nitrogens with zero attached hydrogens (tertiary/aromatic N) is 8. The number of amides is 2. The van der Waals surface area contributed by atoms with Crippen molar-refractivity contribution in [1.82, 2.24) is 50.3 Å². The molecule has 0 saturated heterocycles. The van der Waals surface area contributed by atoms with E-state index in [0.29, 0.717) is 66.2 Å². The number of carbonyl (C=O) groups excluding carboxylic acids is 2. The average Bonchev–Trinajstić information content (AvgIpc) is 4.09. The van der Waals surface area contributed by atoms with Gasteiger partial charge in [-0.15, -0.1) is 0 Å². The number of nitrogens with one attached hydrogen (secondary N) is 4. The fourth-order valence-electron chi connectivity index (χ4n) is 7.39. The minimum Gasteiger partial charge on any atom is -0.383 e. The largest absolute Gasteiger partial charge is 0.383 e. The van der Waals surface area contributed by atoms with Gasteiger partial charge in [-0.3, -0.25) is 29.8 Å². The van der Waals surface area contributed by atoms with E-state index < -0.39 is 0 Å². The molecule has 0 spiro atoms. The summed E-state index contributed by atoms with van der Waals surface area (Å²) >= 11 is 13.4. The quantitative estimate of drug-likeness (QED) is 0.0876. The van der Waals surface area contributed by atoms with Gasteiger partial charge >= 0.3 is 0 Å². The Bertz CT molecular complexity index is 2740. The number of rotatable bonds is 8. The van der Waals surface area contributed by atoms with E-state index in [1.54, 1.807) is 61.7 Å². The van der Waals surface area contributed by atoms with Crippen molar-refractivity contribution in [3.63, 3.8) is 0 Å². The van der Waals surface area contributed by atoms with E-state index in [0.717, 1.165) is 46.2 Å². The Kier molecular flexibility index (Phi) is 10.0. The number of H-pyrrole nitrogens is 2. The minimum atomic E-state index is -0.0910. The van der Waals surface area contributed by atoms with Gasteiger partial charge in [0.1, 0.15) is 23.3 Å². The summed E-state index contributed by atoms with van der Waals surface area (Å²) in [5.41, 5.74) is 19.1. The zero-order valence-corrected chi connectivity index (χ0v) is 33.6. The normalized spacial score (nSPS) is 17.8. The van der Waals surface area contributed by atoms with Crippen LogP contribution in [0.4, 0.5) is 23.3 Å². The summed E-state index contributed by atoms with van der Waals surface area (Å²) in [6.07, 6.45) is 18.7. The lowest BCUT2D eigenvalue weighted by Gasteiger charge is -2.12. The molecule has 0 bridgehead atoms. The first kappa shape index (κ1) is 38.5. The summed E-state index contributed by atoms with van der Waals surface area (Å²) in [4.78, 5) is 51.2. The number of anilines is 4. The van der Waals surface area contributed by atoms with Crippen molar-refractivity contribution in [2.45, 2.75) is 38.5 Å². The molecule has 2 aliphatic rings. The average molecular weight is 840 g/mol. The molecular formula is C42H36Cl2N14O2. The number of hydrogen-bond acceptors (Lipinski definition) is 12. The van der Waals surface area contributed by atoms with E-state index in [-0.39, 0.29) is 35.5 Å². The number of carbonyl (C=O) groups is 2. The minimum absolute atomic E-state index is 0.0745. The molecule has 18 heteroatoms. The predicted octanol–water partition coefficient (Wildman–Crippen LogP) is 7.40. The van der Waals surface area contributed by atoms with Gasteiger partial charge in [0.05, 0.1) is 33.8 Å². The van der Waals surface area contributed by atoms with E-state index in [2.05, 4.69) is 60.9 Å². The third kappa shape index (κ3) is 7.42. The van der Waals surface area contributed by atoms with Crippen molar-refractivity contribution in [3.8, 4) is 22.5 Å². The van der Waals surface area contributed by atoms with Crippen LogP contribution in [-0.4, -0.2) is 62.1 Å². The Hall–Kier alpha value is -7.04. The maximum Gasteiger partial charge on any atom is 0.229 e. The Balaban J connectivity index is 0.000000154. The molecule has 300 valence electrons. The smallest absolute Gasteiger partial charge is 0.229 e. The number of aryl methyl sites for hydroxylation is 2. The number of nitrogen functional groups attached to an aromatic ring is 2. The Morgan fingerprint density at radius 2 is 1.08 bits per heavy atom. The number of hydrogen-bond donors (Lipinski definition) is 6. The van der Waals surface area contributed by atoms with Crippen molar-refractivity contribution >= 4 is 79.8 Å². The molecule has 8 heterocycles. The van der Waals surface area contributed by atoms with Gasteiger partial charge in [0, 0.05) is 94.1 Å². The van der Waals surface area contributed by atoms with Crippen LogP contribution >= 0.6 is 23.2 Å². The molecule has 10 rings (SSSR count). The number of aromatic nitrogens is 10. The fraction of sp³-hybridized carbons (Fsp3) is 0.190. The molecule has 2 aliphatic carbocycles. The van der Waals surface area contributed by atoms with Crippen LogP contribution in [0.25, 0.3) is 44.1 Å². The summed E-state index contributed by atoms with van der Waals surface area (Å²) in [6.45, 7) is 3.92. The lowest BCUT2D eigenvalue weighted by atomic mass is 10.1. The highest BCUT2D eigenvalue weighted by Gasteiger charge is 2.45. The standard InChI is InChI=1S/2C21H18ClN7O/c2*1-10-2-3-24-8-15(10)19-18(22)13-5-17(25-9-16(13)20(23)29-19)28-21(30)14-4-12(14)11-6-26-27-7-11/h2*2-3,5-9,12,14H,4H2,1H3,(H2,23,29)(H,26,27)(H,25,28,30)/t2*12-,14+/m10/s1. The van der Waals surface area contributed by atoms with Crippen LogP contribution in [0.3, 0.4) is 0 Å². The molecule has 16 nitrogen and oxygen atoms in total. The topological polar surface area (TPSA) is 245 Å². The summed E-state index contributed by atoms with van der Waals surface area (Å²) in [6, 6.07) is 7.24. The van der Waals surface area contributed by atoms with E-state index in [9.17, 15) is 9.59 Å². The first-order chi connectivity index (χ1) is 29.0. The number of nitrogens with two attached hydrogens (primary N) is 2. The molecule has 2 amide bonds. The highest BCUT2D eigenvalue weighted by atomic mass is 35.5. The molecule has 0 radical (unpaired) electrons. The van der Waals surface area contributed by atoms with Crippen LogP contribution in [0.15, 0.2) is 86.2 Å². The van der Waals surface area contributed by atoms with Crippen molar-refractivity contribution in [1.29, 1.82) is 0 Å². The Labute approximate surface area is 352 Å². The number of pyridine rings is 6. The van der Waals surface area contributed by atoms with Gasteiger partial charge in [-0.1, -0.05) is 23.2 Å². The van der Waals surface area contributed by atoms with Gasteiger partial charge < -0.3 is 22.1 Å². The molecule has 0 aromatic carbocycles. The lowest BCUT2D eigenvalue weighted by molar-refractivity contribution is -0.118. The highest BCUT2D eigenvalue weighted by Crippen LogP contribution is 2.49. The van der Waals surface area contributed by atoms with Crippen LogP contribution < -0.4 is 22.1 Å². The zero-order chi connectivity index (χ0) is 41.7. The number of halogens is 2. The third-order valence-electron chi connectivity index (χ3n) is 11.0. The first-order valence-electron chi connectivity index (χ1n) is 19.0. The maximum atomic E-state index is 12.6. The Morgan fingerprint density at radius 3 is 1.47 bits per heavy atom. The van der Waals surface area contributed by atoms with E-state index >= 15 is 0 Å². The molecular weight excluding hydrogens is 803 g/mol. The van der Waals surface area contributed by atoms with Crippen molar-refractivity contribution in [3.05, 3.63) is 119 Å². The molecule has 4 atom stereocenters. The monoisotopic (exact) mass is 838 g/mol. The van der Waals surface area contributed by atoms with Crippen LogP contribution in [0, 0.1) is 25.7 Å². The SMILES string of the molecule is Cc1ccncc1-c1nc(N)c2cnc(NC(=O)[C@@H]3C[C@H]3c3cn[nH]c3)cc2c1Cl.Cc1ccncc1-c1nc(N)c2cnc(NC(=O)[C@H]3C[C@@H]3c3cn[nH]c3)cc2c1Cl. The molecule has 2 fully saturated rings. The molecule has 0 aliphatic heterocycles. The predicted molar refractivity (Wildman–Crippen MR) is 230 cm³/mol. The van der Waals surface area contributed by atoms with Gasteiger partial charge in [-0.25, -0.2) is 19.9 Å². The van der Waals surface area contributed by atoms with Crippen molar-refractivity contribution < 1.29 is 9.59 Å². The first-order valence-corrected chi connectivity index (χ1v) is 19.7. The van der Waals surface area contributed by atoms with Crippen molar-refractivity contribution in [2.24, 2.45) is 11.8 Å². The van der Waals surface area contributed by atoms with Gasteiger partial charge in [0.2, 0.25) is 11.8 Å². The Morgan fingerprint density at radius 1 is 0.650 bits per heavy atom. The molecule has 8 N–H and O–H groups in total. The number of aromatic amines is 2. The zero-order valence-electron chi connectivity index (χ0n) is 32.1. The van der Waals surface area contributed by atoms with Gasteiger partial charge in [0.15, 0.2) is 0 Å². The molecule has 8 aromatic heterocycles. The van der Waals surface area contributed by atoms with E-state index in [1.165, 1.54) is 0 Å². The van der Waals surface area contributed by atoms with E-state index in [4.69, 9.17) is 34.7 Å². The lowest BCUT2D eigenvalue weighted by Crippen LogP contribution is -2.15. The summed E-state index contributed by atoms with van der Waals surface area (Å²) < 4.78 is 0. The maximum absolute atomic E-state index is 12.6. The molecule has 2 saturated carbocycles. The second-order valence-corrected chi connectivity index (χ2v) is 15.6. The molecule has 0 unspecified atom stereocenters. The van der Waals surface area contributed by atoms with Crippen LogP contribution in [0.1, 0.15) is 46.9 Å². The summed E-state index contributed by atoms with van der Waals surface area (Å²) in [5.74, 6) is 1.53. The summed E-state index contributed by atoms with van der Waals surface area (Å²) in [7, 11) is 0. The van der Waals surface area contributed by atoms with Crippen molar-refractivity contribution in [2.75, 3.05) is 22.1 Å². The highest BCUT2D eigenvalue weighted by molar-refractivity contribution is 6.39. The van der Waals surface area contributed by atoms with E-state index in [1.807, 2.05) is 38.4 Å². The van der Waals surface area contributed by atoms with Gasteiger partial charge in [-0.2, -0.15) is 10.2 Å². The van der Waals surface area contributed by atoms with Gasteiger partial charge in [-0.05, 0) is 85.0 Å². The molecule has 60 heavy (non-hydrogen) atoms. The third-order valence-corrected chi connectivity index (χ3v) is 11.7. The van der Waals surface area contributed by atoms with Crippen LogP contribution in [-0.2, 0) is 9.59 Å². The second-order valence-electron chi connectivity index (χ2n) is 14.9. The van der Waals surface area contributed by atoms with Crippen LogP contribution in [0.2, 0.25) is 10.0 Å². The van der Waals surface area contributed by atoms with Gasteiger partial charge in [0.25, 0.3) is 0 Å². The van der Waals surface area contributed by atoms with Crippen LogP contribution in [0.5, 0.6) is 0 Å². The summed E-state index contributed by atoms with van der Waals surface area (Å²) in [5, 5.41) is 22.7.